The molecule has 104 valence electrons. The summed E-state index contributed by atoms with van der Waals surface area (Å²) in [5.41, 5.74) is 1.98. The van der Waals surface area contributed by atoms with E-state index < -0.39 is 0 Å². The Morgan fingerprint density at radius 2 is 1.58 bits per heavy atom. The molecule has 0 atom stereocenters. The maximum atomic E-state index is 4.62. The van der Waals surface area contributed by atoms with Crippen LogP contribution in [0.15, 0.2) is 18.3 Å². The van der Waals surface area contributed by atoms with Crippen molar-refractivity contribution >= 4 is 27.4 Å². The van der Waals surface area contributed by atoms with Crippen molar-refractivity contribution in [2.45, 2.75) is 41.5 Å². The van der Waals surface area contributed by atoms with Crippen LogP contribution in [-0.4, -0.2) is 33.9 Å². The van der Waals surface area contributed by atoms with E-state index in [2.05, 4.69) is 66.4 Å². The fraction of sp³-hybridized carbons (Fsp3) is 0.667. The van der Waals surface area contributed by atoms with Gasteiger partial charge in [0.05, 0.1) is 0 Å². The summed E-state index contributed by atoms with van der Waals surface area (Å²) < 4.78 is 5.11. The third kappa shape index (κ3) is 3.88. The van der Waals surface area contributed by atoms with Gasteiger partial charge in [0.25, 0.3) is 0 Å². The first-order chi connectivity index (χ1) is 8.66. The fourth-order valence-corrected chi connectivity index (χ4v) is 6.28. The van der Waals surface area contributed by atoms with E-state index in [4.69, 9.17) is 0 Å². The van der Waals surface area contributed by atoms with Gasteiger partial charge in [0.1, 0.15) is 0 Å². The van der Waals surface area contributed by atoms with E-state index in [9.17, 15) is 0 Å². The fourth-order valence-electron chi connectivity index (χ4n) is 2.23. The van der Waals surface area contributed by atoms with Gasteiger partial charge in [-0.1, -0.05) is 0 Å². The topological polar surface area (TPSA) is 19.4 Å². The average molecular weight is 320 g/mol. The molecule has 2 heterocycles. The standard InChI is InChI=1S/C15H25GeN3/c1-14(2,3)10-18-12-8-7-9-17-13(12)19(16-18)11-15(4,5)6/h7-9H,10-11H2,1-6H3. The summed E-state index contributed by atoms with van der Waals surface area (Å²) in [6.45, 7) is 16.0. The zero-order chi connectivity index (χ0) is 14.3. The van der Waals surface area contributed by atoms with Gasteiger partial charge < -0.3 is 0 Å². The van der Waals surface area contributed by atoms with E-state index in [0.717, 1.165) is 13.1 Å². The third-order valence-corrected chi connectivity index (χ3v) is 5.45. The molecule has 0 N–H and O–H groups in total. The Morgan fingerprint density at radius 3 is 2.16 bits per heavy atom. The Bertz CT molecular complexity index is 404. The number of nitrogens with zero attached hydrogens (tertiary/aromatic N) is 3. The molecule has 2 radical (unpaired) electrons. The number of hydrogen-bond acceptors (Lipinski definition) is 3. The Balaban J connectivity index is 2.23. The van der Waals surface area contributed by atoms with Gasteiger partial charge in [0.2, 0.25) is 0 Å². The van der Waals surface area contributed by atoms with Gasteiger partial charge in [-0.2, -0.15) is 0 Å². The van der Waals surface area contributed by atoms with Crippen molar-refractivity contribution in [2.75, 3.05) is 20.8 Å². The van der Waals surface area contributed by atoms with E-state index in [1.54, 1.807) is 0 Å². The van der Waals surface area contributed by atoms with E-state index in [1.807, 2.05) is 6.20 Å². The van der Waals surface area contributed by atoms with Crippen LogP contribution in [0.4, 0.5) is 11.5 Å². The monoisotopic (exact) mass is 321 g/mol. The molecule has 0 saturated heterocycles. The van der Waals surface area contributed by atoms with Gasteiger partial charge in [0.15, 0.2) is 0 Å². The quantitative estimate of drug-likeness (QED) is 0.779. The molecule has 1 aromatic rings. The Morgan fingerprint density at radius 1 is 1.00 bits per heavy atom. The molecule has 19 heavy (non-hydrogen) atoms. The summed E-state index contributed by atoms with van der Waals surface area (Å²) >= 11 is -0.298. The number of pyridine rings is 1. The van der Waals surface area contributed by atoms with Crippen LogP contribution in [0.1, 0.15) is 41.5 Å². The molecule has 1 aliphatic heterocycles. The number of fused-ring (bicyclic) bond motifs is 1. The Hall–Kier alpha value is -0.707. The van der Waals surface area contributed by atoms with Crippen LogP contribution in [-0.2, 0) is 0 Å². The van der Waals surface area contributed by atoms with Crippen molar-refractivity contribution in [1.29, 1.82) is 0 Å². The first-order valence-corrected chi connectivity index (χ1v) is 8.80. The van der Waals surface area contributed by atoms with E-state index >= 15 is 0 Å². The number of anilines is 2. The summed E-state index contributed by atoms with van der Waals surface area (Å²) in [5.74, 6) is 1.20. The second kappa shape index (κ2) is 5.00. The molecule has 0 bridgehead atoms. The van der Waals surface area contributed by atoms with Gasteiger partial charge in [-0.25, -0.2) is 0 Å². The van der Waals surface area contributed by atoms with E-state index in [1.165, 1.54) is 11.5 Å². The van der Waals surface area contributed by atoms with Crippen LogP contribution < -0.4 is 7.71 Å². The van der Waals surface area contributed by atoms with E-state index in [0.29, 0.717) is 10.8 Å². The summed E-state index contributed by atoms with van der Waals surface area (Å²) in [6.07, 6.45) is 1.92. The zero-order valence-corrected chi connectivity index (χ0v) is 15.1. The molecular weight excluding hydrogens is 295 g/mol. The second-order valence-corrected chi connectivity index (χ2v) is 10.4. The molecule has 0 saturated carbocycles. The van der Waals surface area contributed by atoms with Crippen LogP contribution in [0.25, 0.3) is 0 Å². The number of aromatic nitrogens is 1. The molecule has 0 amide bonds. The van der Waals surface area contributed by atoms with Gasteiger partial charge in [-0.3, -0.25) is 0 Å². The molecule has 1 aliphatic rings. The molecule has 3 nitrogen and oxygen atoms in total. The summed E-state index contributed by atoms with van der Waals surface area (Å²) in [5, 5.41) is 0. The van der Waals surface area contributed by atoms with Crippen molar-refractivity contribution in [3.63, 3.8) is 0 Å². The van der Waals surface area contributed by atoms with Crippen molar-refractivity contribution in [3.8, 4) is 0 Å². The average Bonchev–Trinajstić information content (AvgIpc) is 2.53. The summed E-state index contributed by atoms with van der Waals surface area (Å²) in [7, 11) is 0. The predicted molar refractivity (Wildman–Crippen MR) is 83.6 cm³/mol. The number of rotatable bonds is 2. The number of hydrogen-bond donors (Lipinski definition) is 0. The van der Waals surface area contributed by atoms with Gasteiger partial charge in [0, 0.05) is 0 Å². The second-order valence-electron chi connectivity index (χ2n) is 7.74. The molecule has 0 spiro atoms. The maximum absolute atomic E-state index is 4.62. The first-order valence-electron chi connectivity index (χ1n) is 6.92. The van der Waals surface area contributed by atoms with Crippen LogP contribution in [0.2, 0.25) is 0 Å². The molecule has 1 aromatic heterocycles. The minimum absolute atomic E-state index is 0.298. The molecule has 2 rings (SSSR count). The minimum atomic E-state index is -0.298. The molecule has 0 fully saturated rings. The Kier molecular flexibility index (Phi) is 3.87. The summed E-state index contributed by atoms with van der Waals surface area (Å²) in [4.78, 5) is 4.62. The SMILES string of the molecule is CC(C)(C)C[N]1[Ge][N](CC(C)(C)C)c2ncccc21. The normalized spacial score (nSPS) is 15.9. The van der Waals surface area contributed by atoms with Gasteiger partial charge >= 0.3 is 124 Å². The zero-order valence-electron chi connectivity index (χ0n) is 13.0. The van der Waals surface area contributed by atoms with Crippen LogP contribution in [0, 0.1) is 10.8 Å². The molecule has 0 unspecified atom stereocenters. The Labute approximate surface area is 124 Å². The molecule has 4 heteroatoms. The molecule has 0 aromatic carbocycles. The van der Waals surface area contributed by atoms with Crippen LogP contribution in [0.3, 0.4) is 0 Å². The van der Waals surface area contributed by atoms with Crippen molar-refractivity contribution < 1.29 is 0 Å². The first kappa shape index (κ1) is 14.7. The van der Waals surface area contributed by atoms with Crippen molar-refractivity contribution in [3.05, 3.63) is 18.3 Å². The van der Waals surface area contributed by atoms with Crippen LogP contribution >= 0.6 is 0 Å². The van der Waals surface area contributed by atoms with Gasteiger partial charge in [-0.15, -0.1) is 0 Å². The van der Waals surface area contributed by atoms with E-state index in [-0.39, 0.29) is 15.9 Å². The van der Waals surface area contributed by atoms with Crippen molar-refractivity contribution in [1.82, 2.24) is 4.98 Å². The van der Waals surface area contributed by atoms with Gasteiger partial charge in [-0.05, 0) is 0 Å². The molecule has 0 aliphatic carbocycles. The van der Waals surface area contributed by atoms with Crippen molar-refractivity contribution in [2.24, 2.45) is 10.8 Å². The van der Waals surface area contributed by atoms with Crippen LogP contribution in [0.5, 0.6) is 0 Å². The molecular formula is C15H25GeN3. The third-order valence-electron chi connectivity index (χ3n) is 2.82. The summed E-state index contributed by atoms with van der Waals surface area (Å²) in [6, 6.07) is 4.28. The predicted octanol–water partition coefficient (Wildman–Crippen LogP) is 3.33.